The van der Waals surface area contributed by atoms with Gasteiger partial charge in [-0.2, -0.15) is 0 Å². The Morgan fingerprint density at radius 2 is 2.31 bits per heavy atom. The highest BCUT2D eigenvalue weighted by Gasteiger charge is 2.18. The van der Waals surface area contributed by atoms with E-state index in [0.717, 1.165) is 0 Å². The Hall–Kier alpha value is -1.49. The summed E-state index contributed by atoms with van der Waals surface area (Å²) in [5.41, 5.74) is 6.39. The molecular formula is C11H19N3O2. The molecule has 0 unspecified atom stereocenters. The number of hydrogen-bond donors (Lipinski definition) is 4. The summed E-state index contributed by atoms with van der Waals surface area (Å²) in [5.74, 6) is -0.178. The highest BCUT2D eigenvalue weighted by atomic mass is 16.3. The standard InChI is InChI=1S/C11H19N3O2/c1-11(2,3-4-15)7-14-10(16)9-5-8(12)6-13-9/h5-6,13,15H,3-4,7,12H2,1-2H3,(H,14,16). The van der Waals surface area contributed by atoms with Crippen LogP contribution in [0.25, 0.3) is 0 Å². The fourth-order valence-electron chi connectivity index (χ4n) is 1.35. The van der Waals surface area contributed by atoms with Crippen LogP contribution in [0.15, 0.2) is 12.3 Å². The molecule has 0 aliphatic carbocycles. The number of aromatic amines is 1. The summed E-state index contributed by atoms with van der Waals surface area (Å²) < 4.78 is 0. The zero-order valence-electron chi connectivity index (χ0n) is 9.71. The average Bonchev–Trinajstić information content (AvgIpc) is 2.61. The first kappa shape index (κ1) is 12.6. The van der Waals surface area contributed by atoms with Crippen molar-refractivity contribution >= 4 is 11.6 Å². The summed E-state index contributed by atoms with van der Waals surface area (Å²) >= 11 is 0. The van der Waals surface area contributed by atoms with Crippen LogP contribution in [-0.4, -0.2) is 29.1 Å². The lowest BCUT2D eigenvalue weighted by Gasteiger charge is -2.23. The zero-order valence-corrected chi connectivity index (χ0v) is 9.71. The van der Waals surface area contributed by atoms with Crippen LogP contribution in [0.1, 0.15) is 30.8 Å². The Morgan fingerprint density at radius 1 is 1.62 bits per heavy atom. The van der Waals surface area contributed by atoms with E-state index in [4.69, 9.17) is 10.8 Å². The monoisotopic (exact) mass is 225 g/mol. The minimum Gasteiger partial charge on any atom is -0.397 e. The molecule has 5 nitrogen and oxygen atoms in total. The number of anilines is 1. The second kappa shape index (κ2) is 5.03. The molecule has 0 aliphatic rings. The van der Waals surface area contributed by atoms with Crippen molar-refractivity contribution in [2.75, 3.05) is 18.9 Å². The number of rotatable bonds is 5. The Balaban J connectivity index is 2.47. The molecule has 0 spiro atoms. The molecule has 1 aromatic heterocycles. The molecule has 1 aromatic rings. The highest BCUT2D eigenvalue weighted by Crippen LogP contribution is 2.18. The van der Waals surface area contributed by atoms with E-state index in [0.29, 0.717) is 24.3 Å². The number of amides is 1. The Kier molecular flexibility index (Phi) is 3.95. The van der Waals surface area contributed by atoms with Crippen LogP contribution in [-0.2, 0) is 0 Å². The van der Waals surface area contributed by atoms with Crippen molar-refractivity contribution in [2.45, 2.75) is 20.3 Å². The van der Waals surface area contributed by atoms with Crippen molar-refractivity contribution in [1.82, 2.24) is 10.3 Å². The molecule has 0 radical (unpaired) electrons. The lowest BCUT2D eigenvalue weighted by molar-refractivity contribution is 0.0924. The van der Waals surface area contributed by atoms with Crippen molar-refractivity contribution in [3.05, 3.63) is 18.0 Å². The van der Waals surface area contributed by atoms with Crippen molar-refractivity contribution in [1.29, 1.82) is 0 Å². The maximum Gasteiger partial charge on any atom is 0.267 e. The molecule has 0 saturated carbocycles. The smallest absolute Gasteiger partial charge is 0.267 e. The van der Waals surface area contributed by atoms with Crippen molar-refractivity contribution < 1.29 is 9.90 Å². The third kappa shape index (κ3) is 3.58. The Bertz CT molecular complexity index is 358. The summed E-state index contributed by atoms with van der Waals surface area (Å²) in [6.45, 7) is 4.63. The van der Waals surface area contributed by atoms with Gasteiger partial charge in [-0.1, -0.05) is 13.8 Å². The fraction of sp³-hybridized carbons (Fsp3) is 0.545. The molecule has 0 aromatic carbocycles. The molecule has 0 saturated heterocycles. The normalized spacial score (nSPS) is 11.4. The third-order valence-corrected chi connectivity index (χ3v) is 2.47. The van der Waals surface area contributed by atoms with Gasteiger partial charge in [-0.3, -0.25) is 4.79 Å². The first-order chi connectivity index (χ1) is 7.44. The van der Waals surface area contributed by atoms with E-state index >= 15 is 0 Å². The van der Waals surface area contributed by atoms with Gasteiger partial charge in [0.15, 0.2) is 0 Å². The molecule has 90 valence electrons. The van der Waals surface area contributed by atoms with Gasteiger partial charge in [0.05, 0.1) is 0 Å². The van der Waals surface area contributed by atoms with Crippen molar-refractivity contribution in [2.24, 2.45) is 5.41 Å². The zero-order chi connectivity index (χ0) is 12.2. The number of hydrogen-bond acceptors (Lipinski definition) is 3. The minimum atomic E-state index is -0.178. The molecule has 5 heteroatoms. The van der Waals surface area contributed by atoms with Gasteiger partial charge in [-0.05, 0) is 17.9 Å². The minimum absolute atomic E-state index is 0.109. The van der Waals surface area contributed by atoms with Crippen LogP contribution >= 0.6 is 0 Å². The number of carbonyl (C=O) groups excluding carboxylic acids is 1. The number of nitrogens with two attached hydrogens (primary N) is 1. The third-order valence-electron chi connectivity index (χ3n) is 2.47. The number of nitrogen functional groups attached to an aromatic ring is 1. The molecule has 1 amide bonds. The molecule has 1 rings (SSSR count). The summed E-state index contributed by atoms with van der Waals surface area (Å²) in [7, 11) is 0. The maximum absolute atomic E-state index is 11.6. The molecular weight excluding hydrogens is 206 g/mol. The average molecular weight is 225 g/mol. The highest BCUT2D eigenvalue weighted by molar-refractivity contribution is 5.93. The van der Waals surface area contributed by atoms with Crippen molar-refractivity contribution in [3.8, 4) is 0 Å². The van der Waals surface area contributed by atoms with Crippen LogP contribution in [0.2, 0.25) is 0 Å². The van der Waals surface area contributed by atoms with Crippen LogP contribution in [0, 0.1) is 5.41 Å². The summed E-state index contributed by atoms with van der Waals surface area (Å²) in [6, 6.07) is 1.59. The maximum atomic E-state index is 11.6. The van der Waals surface area contributed by atoms with Gasteiger partial charge in [0.25, 0.3) is 5.91 Å². The van der Waals surface area contributed by atoms with Gasteiger partial charge in [0.2, 0.25) is 0 Å². The molecule has 16 heavy (non-hydrogen) atoms. The fourth-order valence-corrected chi connectivity index (χ4v) is 1.35. The molecule has 5 N–H and O–H groups in total. The van der Waals surface area contributed by atoms with Gasteiger partial charge in [0, 0.05) is 25.0 Å². The quantitative estimate of drug-likeness (QED) is 0.595. The van der Waals surface area contributed by atoms with E-state index in [2.05, 4.69) is 10.3 Å². The predicted molar refractivity (Wildman–Crippen MR) is 63.0 cm³/mol. The largest absolute Gasteiger partial charge is 0.397 e. The second-order valence-electron chi connectivity index (χ2n) is 4.67. The van der Waals surface area contributed by atoms with Gasteiger partial charge in [-0.15, -0.1) is 0 Å². The van der Waals surface area contributed by atoms with Crippen LogP contribution in [0.4, 0.5) is 5.69 Å². The van der Waals surface area contributed by atoms with E-state index in [9.17, 15) is 4.79 Å². The number of carbonyl (C=O) groups is 1. The van der Waals surface area contributed by atoms with E-state index in [1.165, 1.54) is 0 Å². The molecule has 0 aliphatic heterocycles. The van der Waals surface area contributed by atoms with E-state index < -0.39 is 0 Å². The Morgan fingerprint density at radius 3 is 2.81 bits per heavy atom. The Labute approximate surface area is 95.0 Å². The lowest BCUT2D eigenvalue weighted by Crippen LogP contribution is -2.34. The van der Waals surface area contributed by atoms with Crippen LogP contribution in [0.5, 0.6) is 0 Å². The molecule has 0 fully saturated rings. The topological polar surface area (TPSA) is 91.1 Å². The number of aromatic nitrogens is 1. The van der Waals surface area contributed by atoms with Gasteiger partial charge >= 0.3 is 0 Å². The first-order valence-corrected chi connectivity index (χ1v) is 5.27. The molecule has 0 bridgehead atoms. The number of H-pyrrole nitrogens is 1. The van der Waals surface area contributed by atoms with E-state index in [-0.39, 0.29) is 17.9 Å². The lowest BCUT2D eigenvalue weighted by atomic mass is 9.90. The first-order valence-electron chi connectivity index (χ1n) is 5.27. The predicted octanol–water partition coefficient (Wildman–Crippen LogP) is 0.735. The van der Waals surface area contributed by atoms with Gasteiger partial charge < -0.3 is 21.1 Å². The number of nitrogens with one attached hydrogen (secondary N) is 2. The number of aliphatic hydroxyl groups is 1. The van der Waals surface area contributed by atoms with Gasteiger partial charge in [-0.25, -0.2) is 0 Å². The summed E-state index contributed by atoms with van der Waals surface area (Å²) in [6.07, 6.45) is 2.23. The van der Waals surface area contributed by atoms with Gasteiger partial charge in [0.1, 0.15) is 5.69 Å². The van der Waals surface area contributed by atoms with E-state index in [1.807, 2.05) is 13.8 Å². The SMILES string of the molecule is CC(C)(CCO)CNC(=O)c1cc(N)c[nH]1. The number of aliphatic hydroxyl groups excluding tert-OH is 1. The summed E-state index contributed by atoms with van der Waals surface area (Å²) in [5, 5.41) is 11.7. The molecule has 1 heterocycles. The van der Waals surface area contributed by atoms with E-state index in [1.54, 1.807) is 12.3 Å². The van der Waals surface area contributed by atoms with Crippen molar-refractivity contribution in [3.63, 3.8) is 0 Å². The second-order valence-corrected chi connectivity index (χ2v) is 4.67. The molecule has 0 atom stereocenters. The van der Waals surface area contributed by atoms with Crippen LogP contribution in [0.3, 0.4) is 0 Å². The van der Waals surface area contributed by atoms with Crippen LogP contribution < -0.4 is 11.1 Å². The summed E-state index contributed by atoms with van der Waals surface area (Å²) in [4.78, 5) is 14.4.